The summed E-state index contributed by atoms with van der Waals surface area (Å²) in [5, 5.41) is 9.59. The molecule has 4 heterocycles. The van der Waals surface area contributed by atoms with Crippen LogP contribution in [-0.4, -0.2) is 57.0 Å². The van der Waals surface area contributed by atoms with E-state index >= 15 is 0 Å². The van der Waals surface area contributed by atoms with Crippen molar-refractivity contribution in [1.29, 1.82) is 0 Å². The van der Waals surface area contributed by atoms with Gasteiger partial charge in [0, 0.05) is 41.8 Å². The van der Waals surface area contributed by atoms with Gasteiger partial charge in [-0.05, 0) is 73.4 Å². The van der Waals surface area contributed by atoms with E-state index in [4.69, 9.17) is 26.2 Å². The zero-order valence-electron chi connectivity index (χ0n) is 22.8. The van der Waals surface area contributed by atoms with Crippen molar-refractivity contribution in [2.24, 2.45) is 5.73 Å². The monoisotopic (exact) mass is 547 g/mol. The van der Waals surface area contributed by atoms with Crippen molar-refractivity contribution in [3.8, 4) is 28.3 Å². The van der Waals surface area contributed by atoms with Crippen LogP contribution in [0.5, 0.6) is 0 Å². The van der Waals surface area contributed by atoms with Crippen molar-refractivity contribution >= 4 is 22.7 Å². The molecule has 208 valence electrons. The number of hydrogen-bond donors (Lipinski definition) is 3. The predicted molar refractivity (Wildman–Crippen MR) is 161 cm³/mol. The highest BCUT2D eigenvalue weighted by Gasteiger charge is 2.34. The topological polar surface area (TPSA) is 128 Å². The van der Waals surface area contributed by atoms with E-state index in [-0.39, 0.29) is 18.2 Å². The van der Waals surface area contributed by atoms with E-state index in [1.807, 2.05) is 30.3 Å². The van der Waals surface area contributed by atoms with E-state index < -0.39 is 0 Å². The van der Waals surface area contributed by atoms with Crippen molar-refractivity contribution in [2.75, 3.05) is 36.9 Å². The van der Waals surface area contributed by atoms with Crippen LogP contribution in [-0.2, 0) is 10.3 Å². The van der Waals surface area contributed by atoms with Crippen LogP contribution in [0.2, 0.25) is 0 Å². The average Bonchev–Trinajstić information content (AvgIpc) is 3.39. The summed E-state index contributed by atoms with van der Waals surface area (Å²) in [4.78, 5) is 16.7. The number of aliphatic hydroxyl groups excluding tert-OH is 1. The molecule has 1 aliphatic carbocycles. The maximum atomic E-state index is 9.59. The van der Waals surface area contributed by atoms with Crippen LogP contribution >= 0.6 is 0 Å². The van der Waals surface area contributed by atoms with Crippen LogP contribution in [0.1, 0.15) is 24.8 Å². The average molecular weight is 548 g/mol. The van der Waals surface area contributed by atoms with Gasteiger partial charge in [0.25, 0.3) is 0 Å². The van der Waals surface area contributed by atoms with E-state index in [0.717, 1.165) is 70.7 Å². The SMILES string of the molecule is Nc1ncccc1-c1nc2ccc(-c3cccc(N4CCOC(CO)C4)c3)nc2n1-c1ccc(C2(N)CCC2)cc1. The summed E-state index contributed by atoms with van der Waals surface area (Å²) in [6, 6.07) is 24.6. The number of benzene rings is 2. The Bertz CT molecular complexity index is 1710. The molecule has 9 heteroatoms. The summed E-state index contributed by atoms with van der Waals surface area (Å²) in [5.41, 5.74) is 19.9. The molecule has 0 spiro atoms. The van der Waals surface area contributed by atoms with E-state index in [1.54, 1.807) is 6.20 Å². The molecule has 1 saturated carbocycles. The third-order valence-electron chi connectivity index (χ3n) is 8.38. The van der Waals surface area contributed by atoms with Crippen LogP contribution < -0.4 is 16.4 Å². The van der Waals surface area contributed by atoms with Gasteiger partial charge in [0.1, 0.15) is 11.3 Å². The Morgan fingerprint density at radius 3 is 2.59 bits per heavy atom. The molecular weight excluding hydrogens is 514 g/mol. The number of fused-ring (bicyclic) bond motifs is 1. The fourth-order valence-electron chi connectivity index (χ4n) is 5.86. The number of ether oxygens (including phenoxy) is 1. The molecular formula is C32H33N7O2. The van der Waals surface area contributed by atoms with Gasteiger partial charge in [-0.25, -0.2) is 15.0 Å². The number of rotatable bonds is 6. The minimum absolute atomic E-state index is 0.00935. The lowest BCUT2D eigenvalue weighted by Crippen LogP contribution is -2.44. The fraction of sp³-hybridized carbons (Fsp3) is 0.281. The first kappa shape index (κ1) is 25.6. The second-order valence-corrected chi connectivity index (χ2v) is 11.0. The number of nitrogens with zero attached hydrogens (tertiary/aromatic N) is 5. The number of pyridine rings is 2. The number of aliphatic hydroxyl groups is 1. The first-order chi connectivity index (χ1) is 20.0. The zero-order valence-corrected chi connectivity index (χ0v) is 22.8. The lowest BCUT2D eigenvalue weighted by atomic mass is 9.73. The van der Waals surface area contributed by atoms with Crippen molar-refractivity contribution < 1.29 is 9.84 Å². The Kier molecular flexibility index (Phi) is 6.42. The molecule has 41 heavy (non-hydrogen) atoms. The quantitative estimate of drug-likeness (QED) is 0.288. The smallest absolute Gasteiger partial charge is 0.165 e. The highest BCUT2D eigenvalue weighted by atomic mass is 16.5. The first-order valence-electron chi connectivity index (χ1n) is 14.1. The van der Waals surface area contributed by atoms with Gasteiger partial charge in [-0.15, -0.1) is 0 Å². The Hall–Kier alpha value is -4.31. The van der Waals surface area contributed by atoms with E-state index in [2.05, 4.69) is 56.9 Å². The lowest BCUT2D eigenvalue weighted by molar-refractivity contribution is 0.00357. The molecule has 2 aromatic carbocycles. The van der Waals surface area contributed by atoms with Gasteiger partial charge in [0.2, 0.25) is 0 Å². The van der Waals surface area contributed by atoms with Crippen molar-refractivity contribution in [3.63, 3.8) is 0 Å². The number of anilines is 2. The third-order valence-corrected chi connectivity index (χ3v) is 8.38. The normalized spacial score (nSPS) is 18.4. The second-order valence-electron chi connectivity index (χ2n) is 11.0. The number of nitrogens with two attached hydrogens (primary N) is 2. The number of imidazole rings is 1. The van der Waals surface area contributed by atoms with E-state index in [9.17, 15) is 5.11 Å². The van der Waals surface area contributed by atoms with Crippen LogP contribution in [0, 0.1) is 0 Å². The molecule has 5 aromatic rings. The maximum absolute atomic E-state index is 9.59. The van der Waals surface area contributed by atoms with Gasteiger partial charge in [-0.2, -0.15) is 0 Å². The summed E-state index contributed by atoms with van der Waals surface area (Å²) < 4.78 is 7.70. The molecule has 9 nitrogen and oxygen atoms in total. The van der Waals surface area contributed by atoms with Crippen LogP contribution in [0.3, 0.4) is 0 Å². The molecule has 0 amide bonds. The summed E-state index contributed by atoms with van der Waals surface area (Å²) in [7, 11) is 0. The highest BCUT2D eigenvalue weighted by Crippen LogP contribution is 2.39. The van der Waals surface area contributed by atoms with E-state index in [0.29, 0.717) is 24.8 Å². The first-order valence-corrected chi connectivity index (χ1v) is 14.1. The molecule has 2 aliphatic rings. The molecule has 5 N–H and O–H groups in total. The molecule has 7 rings (SSSR count). The molecule has 1 atom stereocenters. The minimum atomic E-state index is -0.236. The van der Waals surface area contributed by atoms with Crippen LogP contribution in [0.15, 0.2) is 79.0 Å². The van der Waals surface area contributed by atoms with E-state index in [1.165, 1.54) is 0 Å². The summed E-state index contributed by atoms with van der Waals surface area (Å²) >= 11 is 0. The Balaban J connectivity index is 1.33. The van der Waals surface area contributed by atoms with Gasteiger partial charge in [0.05, 0.1) is 30.6 Å². The zero-order chi connectivity index (χ0) is 28.0. The largest absolute Gasteiger partial charge is 0.394 e. The Morgan fingerprint density at radius 1 is 0.976 bits per heavy atom. The molecule has 0 bridgehead atoms. The summed E-state index contributed by atoms with van der Waals surface area (Å²) in [6.07, 6.45) is 4.68. The van der Waals surface area contributed by atoms with Gasteiger partial charge >= 0.3 is 0 Å². The van der Waals surface area contributed by atoms with Crippen molar-refractivity contribution in [1.82, 2.24) is 19.5 Å². The number of morpholine rings is 1. The Labute approximate surface area is 238 Å². The van der Waals surface area contributed by atoms with Gasteiger partial charge < -0.3 is 26.2 Å². The highest BCUT2D eigenvalue weighted by molar-refractivity contribution is 5.84. The summed E-state index contributed by atoms with van der Waals surface area (Å²) in [5.74, 6) is 1.10. The molecule has 1 aliphatic heterocycles. The van der Waals surface area contributed by atoms with Gasteiger partial charge in [-0.3, -0.25) is 4.57 Å². The molecule has 0 radical (unpaired) electrons. The standard InChI is InChI=1S/C32H33N7O2/c33-29-26(6-2-15-35-29)30-37-28-12-11-27(21-4-1-5-24(18-21)38-16-17-41-25(19-38)20-40)36-31(28)39(30)23-9-7-22(8-10-23)32(34)13-3-14-32/h1-2,4-12,15,18,25,40H,3,13-14,16-17,19-20,34H2,(H2,33,35). The molecule has 1 unspecified atom stereocenters. The lowest BCUT2D eigenvalue weighted by Gasteiger charge is -2.38. The van der Waals surface area contributed by atoms with Gasteiger partial charge in [-0.1, -0.05) is 24.3 Å². The minimum Gasteiger partial charge on any atom is -0.394 e. The maximum Gasteiger partial charge on any atom is 0.165 e. The molecule has 2 fully saturated rings. The third kappa shape index (κ3) is 4.61. The molecule has 1 saturated heterocycles. The number of nitrogen functional groups attached to an aromatic ring is 1. The second kappa shape index (κ2) is 10.3. The number of aromatic nitrogens is 4. The predicted octanol–water partition coefficient (Wildman–Crippen LogP) is 4.27. The van der Waals surface area contributed by atoms with Gasteiger partial charge in [0.15, 0.2) is 11.5 Å². The van der Waals surface area contributed by atoms with Crippen LogP contribution in [0.4, 0.5) is 11.5 Å². The van der Waals surface area contributed by atoms with Crippen LogP contribution in [0.25, 0.3) is 39.5 Å². The Morgan fingerprint density at radius 2 is 1.83 bits per heavy atom. The van der Waals surface area contributed by atoms with Crippen molar-refractivity contribution in [2.45, 2.75) is 30.9 Å². The molecule has 3 aromatic heterocycles. The number of hydrogen-bond acceptors (Lipinski definition) is 8. The van der Waals surface area contributed by atoms with Crippen molar-refractivity contribution in [3.05, 3.63) is 84.6 Å². The fourth-order valence-corrected chi connectivity index (χ4v) is 5.86. The summed E-state index contributed by atoms with van der Waals surface area (Å²) in [6.45, 7) is 2.02.